The minimum absolute atomic E-state index is 0.00387. The largest absolute Gasteiger partial charge is 0.310 e. The Kier molecular flexibility index (Phi) is 5.20. The number of carbonyl (C=O) groups is 1. The van der Waals surface area contributed by atoms with Crippen molar-refractivity contribution in [3.63, 3.8) is 0 Å². The van der Waals surface area contributed by atoms with E-state index < -0.39 is 0 Å². The number of hydrogen-bond donors (Lipinski definition) is 1. The van der Waals surface area contributed by atoms with Crippen LogP contribution in [0.1, 0.15) is 29.7 Å². The molecule has 5 heteroatoms. The average Bonchev–Trinajstić information content (AvgIpc) is 2.59. The molecule has 2 aromatic rings. The van der Waals surface area contributed by atoms with Crippen LogP contribution in [0.2, 0.25) is 0 Å². The van der Waals surface area contributed by atoms with Gasteiger partial charge < -0.3 is 5.32 Å². The lowest BCUT2D eigenvalue weighted by molar-refractivity contribution is -0.121. The highest BCUT2D eigenvalue weighted by molar-refractivity contribution is 5.92. The molecule has 126 valence electrons. The Labute approximate surface area is 143 Å². The summed E-state index contributed by atoms with van der Waals surface area (Å²) in [5, 5.41) is 2.98. The molecular formula is C19H24N4O. The van der Waals surface area contributed by atoms with Crippen molar-refractivity contribution in [2.75, 3.05) is 18.4 Å². The van der Waals surface area contributed by atoms with Crippen LogP contribution >= 0.6 is 0 Å². The third-order valence-electron chi connectivity index (χ3n) is 4.62. The molecule has 1 unspecified atom stereocenters. The maximum absolute atomic E-state index is 12.6. The maximum atomic E-state index is 12.6. The number of nitrogens with zero attached hydrogens (tertiary/aromatic N) is 3. The van der Waals surface area contributed by atoms with Gasteiger partial charge in [-0.05, 0) is 56.5 Å². The van der Waals surface area contributed by atoms with Gasteiger partial charge in [0.2, 0.25) is 5.91 Å². The summed E-state index contributed by atoms with van der Waals surface area (Å²) < 4.78 is 0. The fourth-order valence-electron chi connectivity index (χ4n) is 3.14. The number of rotatable bonds is 4. The fraction of sp³-hybridized carbons (Fsp3) is 0.421. The minimum atomic E-state index is 0.00387. The first-order chi connectivity index (χ1) is 11.6. The van der Waals surface area contributed by atoms with Crippen LogP contribution in [-0.4, -0.2) is 33.9 Å². The zero-order valence-electron chi connectivity index (χ0n) is 14.3. The molecule has 3 heterocycles. The van der Waals surface area contributed by atoms with Crippen LogP contribution < -0.4 is 5.32 Å². The first-order valence-corrected chi connectivity index (χ1v) is 8.49. The summed E-state index contributed by atoms with van der Waals surface area (Å²) in [5.41, 5.74) is 3.29. The lowest BCUT2D eigenvalue weighted by atomic mass is 9.96. The van der Waals surface area contributed by atoms with Crippen molar-refractivity contribution < 1.29 is 4.79 Å². The molecule has 5 nitrogen and oxygen atoms in total. The fourth-order valence-corrected chi connectivity index (χ4v) is 3.14. The van der Waals surface area contributed by atoms with E-state index in [1.807, 2.05) is 31.3 Å². The van der Waals surface area contributed by atoms with Crippen LogP contribution in [0.5, 0.6) is 0 Å². The standard InChI is InChI=1S/C19H24N4O/c1-14-6-3-9-20-17(14)13-23-11-5-8-16(12-23)19(24)22-18-15(2)7-4-10-21-18/h3-4,6-7,9-10,16H,5,8,11-13H2,1-2H3,(H,21,22,24). The number of aryl methyl sites for hydroxylation is 2. The lowest BCUT2D eigenvalue weighted by Gasteiger charge is -2.32. The number of likely N-dealkylation sites (tertiary alicyclic amines) is 1. The van der Waals surface area contributed by atoms with Gasteiger partial charge in [0.25, 0.3) is 0 Å². The molecule has 0 aliphatic carbocycles. The van der Waals surface area contributed by atoms with Crippen molar-refractivity contribution in [1.82, 2.24) is 14.9 Å². The van der Waals surface area contributed by atoms with Crippen LogP contribution in [0.4, 0.5) is 5.82 Å². The van der Waals surface area contributed by atoms with Crippen molar-refractivity contribution in [2.24, 2.45) is 5.92 Å². The molecule has 1 saturated heterocycles. The van der Waals surface area contributed by atoms with E-state index in [0.717, 1.165) is 43.7 Å². The number of pyridine rings is 2. The highest BCUT2D eigenvalue weighted by atomic mass is 16.2. The number of carbonyl (C=O) groups excluding carboxylic acids is 1. The number of amides is 1. The van der Waals surface area contributed by atoms with Gasteiger partial charge in [-0.2, -0.15) is 0 Å². The lowest BCUT2D eigenvalue weighted by Crippen LogP contribution is -2.40. The van der Waals surface area contributed by atoms with E-state index in [4.69, 9.17) is 0 Å². The van der Waals surface area contributed by atoms with Gasteiger partial charge in [0, 0.05) is 25.5 Å². The third-order valence-corrected chi connectivity index (χ3v) is 4.62. The zero-order chi connectivity index (χ0) is 16.9. The Balaban J connectivity index is 1.62. The Bertz CT molecular complexity index is 716. The third kappa shape index (κ3) is 3.97. The van der Waals surface area contributed by atoms with Crippen molar-refractivity contribution in [3.05, 3.63) is 53.5 Å². The van der Waals surface area contributed by atoms with E-state index in [2.05, 4.69) is 33.2 Å². The van der Waals surface area contributed by atoms with Crippen molar-refractivity contribution in [2.45, 2.75) is 33.2 Å². The van der Waals surface area contributed by atoms with Gasteiger partial charge in [0.05, 0.1) is 11.6 Å². The van der Waals surface area contributed by atoms with Gasteiger partial charge in [-0.1, -0.05) is 12.1 Å². The summed E-state index contributed by atoms with van der Waals surface area (Å²) in [6, 6.07) is 7.88. The summed E-state index contributed by atoms with van der Waals surface area (Å²) in [6.07, 6.45) is 5.50. The van der Waals surface area contributed by atoms with Crippen LogP contribution in [0.3, 0.4) is 0 Å². The van der Waals surface area contributed by atoms with Gasteiger partial charge in [-0.15, -0.1) is 0 Å². The highest BCUT2D eigenvalue weighted by Crippen LogP contribution is 2.21. The van der Waals surface area contributed by atoms with Gasteiger partial charge >= 0.3 is 0 Å². The van der Waals surface area contributed by atoms with E-state index in [0.29, 0.717) is 5.82 Å². The molecule has 0 spiro atoms. The molecule has 1 aliphatic rings. The zero-order valence-corrected chi connectivity index (χ0v) is 14.3. The Morgan fingerprint density at radius 2 is 1.96 bits per heavy atom. The quantitative estimate of drug-likeness (QED) is 0.939. The monoisotopic (exact) mass is 324 g/mol. The SMILES string of the molecule is Cc1cccnc1CN1CCCC(C(=O)Nc2ncccc2C)C1. The molecule has 0 bridgehead atoms. The van der Waals surface area contributed by atoms with Gasteiger partial charge in [-0.25, -0.2) is 4.98 Å². The summed E-state index contributed by atoms with van der Waals surface area (Å²) in [5.74, 6) is 0.739. The highest BCUT2D eigenvalue weighted by Gasteiger charge is 2.26. The predicted octanol–water partition coefficient (Wildman–Crippen LogP) is 2.94. The minimum Gasteiger partial charge on any atom is -0.310 e. The molecule has 24 heavy (non-hydrogen) atoms. The Morgan fingerprint density at radius 1 is 1.21 bits per heavy atom. The molecule has 1 amide bonds. The van der Waals surface area contributed by atoms with E-state index >= 15 is 0 Å². The van der Waals surface area contributed by atoms with Gasteiger partial charge in [0.1, 0.15) is 5.82 Å². The van der Waals surface area contributed by atoms with Crippen molar-refractivity contribution in [1.29, 1.82) is 0 Å². The molecule has 0 saturated carbocycles. The summed E-state index contributed by atoms with van der Waals surface area (Å²) >= 11 is 0. The number of hydrogen-bond acceptors (Lipinski definition) is 4. The molecule has 1 N–H and O–H groups in total. The maximum Gasteiger partial charge on any atom is 0.229 e. The summed E-state index contributed by atoms with van der Waals surface area (Å²) in [6.45, 7) is 6.63. The second-order valence-corrected chi connectivity index (χ2v) is 6.50. The van der Waals surface area contributed by atoms with E-state index in [1.54, 1.807) is 6.20 Å². The van der Waals surface area contributed by atoms with Crippen molar-refractivity contribution >= 4 is 11.7 Å². The first kappa shape index (κ1) is 16.6. The molecule has 0 aromatic carbocycles. The van der Waals surface area contributed by atoms with E-state index in [-0.39, 0.29) is 11.8 Å². The summed E-state index contributed by atoms with van der Waals surface area (Å²) in [7, 11) is 0. The summed E-state index contributed by atoms with van der Waals surface area (Å²) in [4.78, 5) is 23.6. The number of anilines is 1. The van der Waals surface area contributed by atoms with Crippen LogP contribution in [-0.2, 0) is 11.3 Å². The molecule has 1 atom stereocenters. The number of aromatic nitrogens is 2. The molecule has 3 rings (SSSR count). The molecule has 0 radical (unpaired) electrons. The number of piperidine rings is 1. The smallest absolute Gasteiger partial charge is 0.229 e. The van der Waals surface area contributed by atoms with E-state index in [9.17, 15) is 4.79 Å². The average molecular weight is 324 g/mol. The van der Waals surface area contributed by atoms with Gasteiger partial charge in [-0.3, -0.25) is 14.7 Å². The Morgan fingerprint density at radius 3 is 2.71 bits per heavy atom. The molecule has 1 aliphatic heterocycles. The second-order valence-electron chi connectivity index (χ2n) is 6.50. The molecule has 2 aromatic heterocycles. The first-order valence-electron chi connectivity index (χ1n) is 8.49. The second kappa shape index (κ2) is 7.53. The van der Waals surface area contributed by atoms with Gasteiger partial charge in [0.15, 0.2) is 0 Å². The van der Waals surface area contributed by atoms with Crippen molar-refractivity contribution in [3.8, 4) is 0 Å². The van der Waals surface area contributed by atoms with Crippen LogP contribution in [0, 0.1) is 19.8 Å². The van der Waals surface area contributed by atoms with E-state index in [1.165, 1.54) is 5.56 Å². The topological polar surface area (TPSA) is 58.1 Å². The molecular weight excluding hydrogens is 300 g/mol. The number of nitrogens with one attached hydrogen (secondary N) is 1. The predicted molar refractivity (Wildman–Crippen MR) is 94.6 cm³/mol. The Hall–Kier alpha value is -2.27. The van der Waals surface area contributed by atoms with Crippen LogP contribution in [0.25, 0.3) is 0 Å². The normalized spacial score (nSPS) is 18.3. The molecule has 1 fully saturated rings. The van der Waals surface area contributed by atoms with Crippen LogP contribution in [0.15, 0.2) is 36.7 Å².